The molecule has 0 N–H and O–H groups in total. The first kappa shape index (κ1) is 40.1. The zero-order chi connectivity index (χ0) is 45.9. The number of anilines is 3. The Morgan fingerprint density at radius 2 is 1.41 bits per heavy atom. The average Bonchev–Trinajstić information content (AvgIpc) is 4.16. The molecule has 0 amide bonds. The number of hydrogen-bond donors (Lipinski definition) is 0. The third-order valence-corrected chi connectivity index (χ3v) is 16.8. The van der Waals surface area contributed by atoms with Gasteiger partial charge in [0, 0.05) is 85.8 Å². The Hall–Kier alpha value is -7.82. The van der Waals surface area contributed by atoms with Gasteiger partial charge in [0.15, 0.2) is 0 Å². The highest BCUT2D eigenvalue weighted by atomic mass is 15.3. The molecule has 0 spiro atoms. The summed E-state index contributed by atoms with van der Waals surface area (Å²) in [7, 11) is 0. The summed E-state index contributed by atoms with van der Waals surface area (Å²) >= 11 is 0. The first-order valence-electron chi connectivity index (χ1n) is 25.7. The van der Waals surface area contributed by atoms with Crippen LogP contribution < -0.4 is 9.80 Å². The van der Waals surface area contributed by atoms with Crippen molar-refractivity contribution in [3.63, 3.8) is 0 Å². The maximum atomic E-state index is 2.80. The number of benzene rings is 5. The summed E-state index contributed by atoms with van der Waals surface area (Å²) in [6.45, 7) is 0. The molecule has 8 aliphatic rings. The minimum Gasteiger partial charge on any atom is -0.336 e. The second kappa shape index (κ2) is 15.9. The van der Waals surface area contributed by atoms with Gasteiger partial charge in [0.05, 0.1) is 34.7 Å². The topological polar surface area (TPSA) is 14.1 Å². The zero-order valence-electron chi connectivity index (χ0n) is 39.3. The maximum absolute atomic E-state index is 2.80. The lowest BCUT2D eigenvalue weighted by molar-refractivity contribution is 0.404. The summed E-state index contributed by atoms with van der Waals surface area (Å²) in [6.07, 6.45) is 42.6. The fourth-order valence-corrected chi connectivity index (χ4v) is 13.8. The molecular formula is C66H54N4. The van der Waals surface area contributed by atoms with Crippen molar-refractivity contribution in [3.05, 3.63) is 269 Å². The van der Waals surface area contributed by atoms with Crippen LogP contribution in [0.5, 0.6) is 0 Å². The number of hydrogen-bond acceptors (Lipinski definition) is 3. The van der Waals surface area contributed by atoms with Crippen molar-refractivity contribution in [2.45, 2.75) is 56.5 Å². The van der Waals surface area contributed by atoms with E-state index in [4.69, 9.17) is 0 Å². The van der Waals surface area contributed by atoms with Gasteiger partial charge in [-0.2, -0.15) is 0 Å². The molecule has 4 heteroatoms. The molecule has 6 aliphatic carbocycles. The van der Waals surface area contributed by atoms with Gasteiger partial charge in [-0.3, -0.25) is 0 Å². The van der Waals surface area contributed by atoms with Crippen LogP contribution in [0.15, 0.2) is 252 Å². The molecule has 2 aromatic heterocycles. The van der Waals surface area contributed by atoms with Crippen molar-refractivity contribution in [2.75, 3.05) is 9.80 Å². The fraction of sp³-hybridized carbons (Fsp3) is 0.182. The van der Waals surface area contributed by atoms with Crippen molar-refractivity contribution in [1.82, 2.24) is 9.30 Å². The smallest absolute Gasteiger partial charge is 0.0682 e. The SMILES string of the molecule is C1=CCC(C2=CCC(N(c3ccccc3)c3ccc4c5c(n6c7ccccc7c3c46)CC3C4=CC=C(N(C6=CCC(c7ccccc7)C=C6)c6ccccc6)C6C7=CCCC=C7N(C3=C5)C46)C=C2)C=C1. The third kappa shape index (κ3) is 5.95. The summed E-state index contributed by atoms with van der Waals surface area (Å²) in [5.41, 5.74) is 20.6. The van der Waals surface area contributed by atoms with Gasteiger partial charge in [0.2, 0.25) is 0 Å². The Bertz CT molecular complexity index is 3640. The third-order valence-electron chi connectivity index (χ3n) is 16.8. The fourth-order valence-electron chi connectivity index (χ4n) is 13.8. The first-order valence-corrected chi connectivity index (χ1v) is 25.7. The van der Waals surface area contributed by atoms with E-state index >= 15 is 0 Å². The highest BCUT2D eigenvalue weighted by molar-refractivity contribution is 6.22. The Labute approximate surface area is 410 Å². The molecule has 70 heavy (non-hydrogen) atoms. The van der Waals surface area contributed by atoms with E-state index in [0.717, 1.165) is 38.5 Å². The van der Waals surface area contributed by atoms with Crippen LogP contribution in [0.2, 0.25) is 0 Å². The van der Waals surface area contributed by atoms with E-state index in [9.17, 15) is 0 Å². The summed E-state index contributed by atoms with van der Waals surface area (Å²) in [6, 6.07) is 47.7. The van der Waals surface area contributed by atoms with Gasteiger partial charge < -0.3 is 19.1 Å². The molecular weight excluding hydrogens is 849 g/mol. The van der Waals surface area contributed by atoms with Crippen LogP contribution in [0.25, 0.3) is 33.3 Å². The number of fused-ring (bicyclic) bond motifs is 12. The van der Waals surface area contributed by atoms with Crippen LogP contribution in [0.1, 0.15) is 54.8 Å². The first-order chi connectivity index (χ1) is 34.8. The summed E-state index contributed by atoms with van der Waals surface area (Å²) in [5.74, 6) is 1.36. The lowest BCUT2D eigenvalue weighted by Gasteiger charge is -2.38. The molecule has 0 bridgehead atoms. The highest BCUT2D eigenvalue weighted by Gasteiger charge is 2.56. The van der Waals surface area contributed by atoms with Crippen molar-refractivity contribution in [2.24, 2.45) is 17.8 Å². The maximum Gasteiger partial charge on any atom is 0.0682 e. The summed E-state index contributed by atoms with van der Waals surface area (Å²) < 4.78 is 2.67. The molecule has 5 aromatic carbocycles. The minimum absolute atomic E-state index is 0.187. The monoisotopic (exact) mass is 902 g/mol. The molecule has 4 heterocycles. The van der Waals surface area contributed by atoms with Crippen molar-refractivity contribution in [3.8, 4) is 0 Å². The van der Waals surface area contributed by atoms with Crippen LogP contribution in [-0.4, -0.2) is 21.4 Å². The molecule has 7 aromatic rings. The standard InChI is InChI=1S/C66H54N4/c1-5-17-43(18-6-1)45-29-33-49(34-30-45)67(47-21-9-3-10-22-47)59-39-37-51-55-41-62-56(42-61(55)69-57-27-15-13-25-53(57)63(59)65(51)69)52-38-40-60(64-54-26-14-16-28-58(54)70(62)66(52)64)68(48-23-11-4-12-24-48)50-35-31-46(32-36-50)44-19-7-2-8-20-44/h1-13,15,17,19-31,33,35-41,43,46,49,56,64,66H,14,16,18,32,34,42H2. The molecule has 0 radical (unpaired) electrons. The Balaban J connectivity index is 0.856. The largest absolute Gasteiger partial charge is 0.336 e. The molecule has 2 aliphatic heterocycles. The van der Waals surface area contributed by atoms with E-state index in [1.165, 1.54) is 95.0 Å². The van der Waals surface area contributed by atoms with Gasteiger partial charge in [-0.1, -0.05) is 164 Å². The highest BCUT2D eigenvalue weighted by Crippen LogP contribution is 2.61. The predicted octanol–water partition coefficient (Wildman–Crippen LogP) is 15.6. The molecule has 15 rings (SSSR count). The number of aromatic nitrogens is 1. The Kier molecular flexibility index (Phi) is 9.09. The lowest BCUT2D eigenvalue weighted by atomic mass is 9.76. The Morgan fingerprint density at radius 1 is 0.614 bits per heavy atom. The van der Waals surface area contributed by atoms with Gasteiger partial charge in [0.25, 0.3) is 0 Å². The molecule has 4 nitrogen and oxygen atoms in total. The normalized spacial score (nSPS) is 24.9. The van der Waals surface area contributed by atoms with E-state index in [1.807, 2.05) is 0 Å². The van der Waals surface area contributed by atoms with Crippen molar-refractivity contribution < 1.29 is 0 Å². The number of allylic oxidation sites excluding steroid dienone is 15. The predicted molar refractivity (Wildman–Crippen MR) is 290 cm³/mol. The van der Waals surface area contributed by atoms with Gasteiger partial charge in [-0.25, -0.2) is 0 Å². The van der Waals surface area contributed by atoms with E-state index < -0.39 is 0 Å². The zero-order valence-corrected chi connectivity index (χ0v) is 39.3. The quantitative estimate of drug-likeness (QED) is 0.151. The number of para-hydroxylation sites is 3. The summed E-state index contributed by atoms with van der Waals surface area (Å²) in [4.78, 5) is 8.00. The average molecular weight is 903 g/mol. The molecule has 6 unspecified atom stereocenters. The van der Waals surface area contributed by atoms with E-state index in [2.05, 4.69) is 238 Å². The molecule has 338 valence electrons. The van der Waals surface area contributed by atoms with Gasteiger partial charge in [0.1, 0.15) is 0 Å². The van der Waals surface area contributed by atoms with Gasteiger partial charge in [-0.15, -0.1) is 0 Å². The van der Waals surface area contributed by atoms with Gasteiger partial charge in [-0.05, 0) is 109 Å². The van der Waals surface area contributed by atoms with Crippen LogP contribution >= 0.6 is 0 Å². The Morgan fingerprint density at radius 3 is 2.20 bits per heavy atom. The van der Waals surface area contributed by atoms with Crippen molar-refractivity contribution in [1.29, 1.82) is 0 Å². The van der Waals surface area contributed by atoms with E-state index in [-0.39, 0.29) is 18.0 Å². The number of rotatable bonds is 8. The molecule has 6 atom stereocenters. The lowest BCUT2D eigenvalue weighted by Crippen LogP contribution is -2.36. The molecule has 2 saturated heterocycles. The van der Waals surface area contributed by atoms with Crippen LogP contribution in [-0.2, 0) is 6.42 Å². The molecule has 0 saturated carbocycles. The van der Waals surface area contributed by atoms with Gasteiger partial charge >= 0.3 is 0 Å². The summed E-state index contributed by atoms with van der Waals surface area (Å²) in [5, 5.41) is 4.03. The second-order valence-electron chi connectivity index (χ2n) is 20.4. The van der Waals surface area contributed by atoms with E-state index in [0.29, 0.717) is 17.8 Å². The minimum atomic E-state index is 0.187. The van der Waals surface area contributed by atoms with Crippen LogP contribution in [0.4, 0.5) is 17.1 Å². The van der Waals surface area contributed by atoms with Crippen molar-refractivity contribution >= 4 is 50.3 Å². The van der Waals surface area contributed by atoms with E-state index in [1.54, 1.807) is 5.57 Å². The molecule has 2 fully saturated rings. The van der Waals surface area contributed by atoms with Crippen LogP contribution in [0, 0.1) is 17.8 Å². The number of nitrogens with zero attached hydrogens (tertiary/aromatic N) is 4. The second-order valence-corrected chi connectivity index (χ2v) is 20.4. The van der Waals surface area contributed by atoms with Crippen LogP contribution in [0.3, 0.4) is 0 Å².